The van der Waals surface area contributed by atoms with Crippen molar-refractivity contribution in [2.45, 2.75) is 18.2 Å². The van der Waals surface area contributed by atoms with Gasteiger partial charge in [0.1, 0.15) is 23.6 Å². The average Bonchev–Trinajstić information content (AvgIpc) is 3.15. The number of β-lactam (4-membered cyclic amide) rings is 1. The summed E-state index contributed by atoms with van der Waals surface area (Å²) in [6, 6.07) is 24.0. The summed E-state index contributed by atoms with van der Waals surface area (Å²) in [5.41, 5.74) is 1.78. The standard InChI is InChI=1S/C32H30N4O7/c1-39-22-14-20(15-23(16-22)40-2)18-35-25-13-9-8-12-24(25)32(21-10-6-5-7-11-21)29(30(38)36(32)19-28(35)37)43-31-33-26(41-3)17-27(34-31)42-4/h5-17,29H,18-19H2,1-4H3/t29-,32+/m1/s1. The lowest BCUT2D eigenvalue weighted by atomic mass is 9.69. The number of hydrogen-bond acceptors (Lipinski definition) is 9. The Morgan fingerprint density at radius 2 is 1.42 bits per heavy atom. The van der Waals surface area contributed by atoms with Crippen molar-refractivity contribution in [3.63, 3.8) is 0 Å². The first-order valence-electron chi connectivity index (χ1n) is 13.6. The van der Waals surface area contributed by atoms with Gasteiger partial charge < -0.3 is 33.5 Å². The molecule has 6 rings (SSSR count). The summed E-state index contributed by atoms with van der Waals surface area (Å²) in [5.74, 6) is 1.02. The molecule has 2 aliphatic rings. The van der Waals surface area contributed by atoms with Crippen molar-refractivity contribution in [2.24, 2.45) is 0 Å². The summed E-state index contributed by atoms with van der Waals surface area (Å²) in [7, 11) is 6.08. The number of nitrogens with zero attached hydrogens (tertiary/aromatic N) is 4. The van der Waals surface area contributed by atoms with Crippen molar-refractivity contribution in [1.82, 2.24) is 14.9 Å². The molecule has 2 aliphatic heterocycles. The van der Waals surface area contributed by atoms with Crippen molar-refractivity contribution >= 4 is 17.5 Å². The molecule has 220 valence electrons. The average molecular weight is 583 g/mol. The maximum absolute atomic E-state index is 14.0. The number of para-hydroxylation sites is 1. The van der Waals surface area contributed by atoms with E-state index in [9.17, 15) is 9.59 Å². The highest BCUT2D eigenvalue weighted by Crippen LogP contribution is 2.53. The first kappa shape index (κ1) is 27.8. The van der Waals surface area contributed by atoms with Crippen LogP contribution in [0.4, 0.5) is 5.69 Å². The largest absolute Gasteiger partial charge is 0.497 e. The van der Waals surface area contributed by atoms with Gasteiger partial charge in [-0.3, -0.25) is 9.59 Å². The van der Waals surface area contributed by atoms with Crippen LogP contribution >= 0.6 is 0 Å². The van der Waals surface area contributed by atoms with Crippen LogP contribution in [0.5, 0.6) is 29.3 Å². The topological polar surface area (TPSA) is 113 Å². The van der Waals surface area contributed by atoms with Crippen molar-refractivity contribution in [1.29, 1.82) is 0 Å². The number of carbonyl (C=O) groups is 2. The van der Waals surface area contributed by atoms with Crippen LogP contribution < -0.4 is 28.6 Å². The highest BCUT2D eigenvalue weighted by molar-refractivity contribution is 6.04. The number of amides is 2. The van der Waals surface area contributed by atoms with Crippen LogP contribution in [0.2, 0.25) is 0 Å². The molecule has 2 amide bonds. The van der Waals surface area contributed by atoms with Crippen LogP contribution in [0.3, 0.4) is 0 Å². The summed E-state index contributed by atoms with van der Waals surface area (Å²) < 4.78 is 27.8. The van der Waals surface area contributed by atoms with Gasteiger partial charge in [-0.2, -0.15) is 9.97 Å². The molecule has 0 aliphatic carbocycles. The lowest BCUT2D eigenvalue weighted by molar-refractivity contribution is -0.178. The van der Waals surface area contributed by atoms with Gasteiger partial charge >= 0.3 is 6.01 Å². The maximum atomic E-state index is 14.0. The number of methoxy groups -OCH3 is 4. The van der Waals surface area contributed by atoms with Gasteiger partial charge in [-0.05, 0) is 29.3 Å². The molecule has 0 bridgehead atoms. The summed E-state index contributed by atoms with van der Waals surface area (Å²) in [6.07, 6.45) is -1.09. The first-order chi connectivity index (χ1) is 20.9. The monoisotopic (exact) mass is 582 g/mol. The molecule has 0 saturated carbocycles. The number of rotatable bonds is 9. The molecule has 0 unspecified atom stereocenters. The lowest BCUT2D eigenvalue weighted by Gasteiger charge is -2.55. The Morgan fingerprint density at radius 1 is 0.791 bits per heavy atom. The smallest absolute Gasteiger partial charge is 0.323 e. The minimum Gasteiger partial charge on any atom is -0.497 e. The molecule has 1 fully saturated rings. The normalized spacial score (nSPS) is 19.0. The fraction of sp³-hybridized carbons (Fsp3) is 0.250. The van der Waals surface area contributed by atoms with Crippen LogP contribution in [-0.2, 0) is 21.7 Å². The van der Waals surface area contributed by atoms with E-state index in [-0.39, 0.29) is 42.7 Å². The summed E-state index contributed by atoms with van der Waals surface area (Å²) >= 11 is 0. The van der Waals surface area contributed by atoms with Gasteiger partial charge in [0.2, 0.25) is 23.8 Å². The van der Waals surface area contributed by atoms with Crippen LogP contribution in [0.15, 0.2) is 78.9 Å². The number of anilines is 1. The van der Waals surface area contributed by atoms with E-state index in [4.69, 9.17) is 23.7 Å². The Labute approximate surface area is 248 Å². The number of fused-ring (bicyclic) bond motifs is 3. The molecule has 3 heterocycles. The molecule has 4 aromatic rings. The predicted octanol–water partition coefficient (Wildman–Crippen LogP) is 3.59. The predicted molar refractivity (Wildman–Crippen MR) is 156 cm³/mol. The minimum atomic E-state index is -1.16. The Bertz CT molecular complexity index is 1640. The number of benzene rings is 3. The molecular formula is C32H30N4O7. The van der Waals surface area contributed by atoms with Gasteiger partial charge in [0.05, 0.1) is 46.7 Å². The molecule has 11 heteroatoms. The zero-order chi connectivity index (χ0) is 30.1. The fourth-order valence-corrected chi connectivity index (χ4v) is 5.80. The zero-order valence-electron chi connectivity index (χ0n) is 24.1. The third-order valence-electron chi connectivity index (χ3n) is 7.76. The fourth-order valence-electron chi connectivity index (χ4n) is 5.80. The molecular weight excluding hydrogens is 552 g/mol. The third-order valence-corrected chi connectivity index (χ3v) is 7.76. The van der Waals surface area contributed by atoms with Crippen LogP contribution in [0.1, 0.15) is 16.7 Å². The number of hydrogen-bond donors (Lipinski definition) is 0. The second kappa shape index (κ2) is 11.2. The van der Waals surface area contributed by atoms with E-state index in [1.54, 1.807) is 30.1 Å². The van der Waals surface area contributed by atoms with Gasteiger partial charge in [-0.1, -0.05) is 48.5 Å². The third kappa shape index (κ3) is 4.62. The van der Waals surface area contributed by atoms with E-state index in [0.717, 1.165) is 16.7 Å². The van der Waals surface area contributed by atoms with E-state index in [2.05, 4.69) is 9.97 Å². The molecule has 43 heavy (non-hydrogen) atoms. The van der Waals surface area contributed by atoms with E-state index in [1.165, 1.54) is 20.3 Å². The van der Waals surface area contributed by atoms with Crippen molar-refractivity contribution in [3.05, 3.63) is 95.6 Å². The van der Waals surface area contributed by atoms with E-state index < -0.39 is 11.6 Å². The second-order valence-electron chi connectivity index (χ2n) is 10.0. The SMILES string of the molecule is COc1cc(CN2C(=O)CN3C(=O)[C@@H](Oc4nc(OC)cc(OC)n4)[C@]3(c3ccccc3)c3ccccc32)cc(OC)c1. The molecule has 0 radical (unpaired) electrons. The van der Waals surface area contributed by atoms with Crippen molar-refractivity contribution < 1.29 is 33.3 Å². The van der Waals surface area contributed by atoms with E-state index >= 15 is 0 Å². The summed E-state index contributed by atoms with van der Waals surface area (Å²) in [5, 5.41) is 0. The molecule has 11 nitrogen and oxygen atoms in total. The quantitative estimate of drug-likeness (QED) is 0.273. The summed E-state index contributed by atoms with van der Waals surface area (Å²) in [4.78, 5) is 39.8. The number of aromatic nitrogens is 2. The molecule has 0 spiro atoms. The number of carbonyl (C=O) groups excluding carboxylic acids is 2. The minimum absolute atomic E-state index is 0.0853. The van der Waals surface area contributed by atoms with Gasteiger partial charge in [0.25, 0.3) is 5.91 Å². The maximum Gasteiger partial charge on any atom is 0.323 e. The van der Waals surface area contributed by atoms with Crippen molar-refractivity contribution in [2.75, 3.05) is 39.9 Å². The van der Waals surface area contributed by atoms with Crippen LogP contribution in [0, 0.1) is 0 Å². The Morgan fingerprint density at radius 3 is 2.05 bits per heavy atom. The highest BCUT2D eigenvalue weighted by Gasteiger charge is 2.66. The second-order valence-corrected chi connectivity index (χ2v) is 10.0. The molecule has 0 N–H and O–H groups in total. The zero-order valence-corrected chi connectivity index (χ0v) is 24.1. The van der Waals surface area contributed by atoms with Gasteiger partial charge in [0.15, 0.2) is 0 Å². The first-order valence-corrected chi connectivity index (χ1v) is 13.6. The lowest BCUT2D eigenvalue weighted by Crippen LogP contribution is -2.74. The molecule has 1 aromatic heterocycles. The van der Waals surface area contributed by atoms with E-state index in [0.29, 0.717) is 17.2 Å². The highest BCUT2D eigenvalue weighted by atomic mass is 16.5. The van der Waals surface area contributed by atoms with E-state index in [1.807, 2.05) is 66.7 Å². The van der Waals surface area contributed by atoms with Gasteiger partial charge in [-0.15, -0.1) is 0 Å². The number of ether oxygens (including phenoxy) is 5. The molecule has 2 atom stereocenters. The van der Waals surface area contributed by atoms with Crippen LogP contribution in [-0.4, -0.2) is 67.8 Å². The van der Waals surface area contributed by atoms with Gasteiger partial charge in [-0.25, -0.2) is 0 Å². The Kier molecular flexibility index (Phi) is 7.22. The Balaban J connectivity index is 1.50. The van der Waals surface area contributed by atoms with Crippen molar-refractivity contribution in [3.8, 4) is 29.3 Å². The molecule has 1 saturated heterocycles. The molecule has 3 aromatic carbocycles. The van der Waals surface area contributed by atoms with Gasteiger partial charge in [0, 0.05) is 11.6 Å². The summed E-state index contributed by atoms with van der Waals surface area (Å²) in [6.45, 7) is 0.0453. The Hall–Kier alpha value is -5.32. The van der Waals surface area contributed by atoms with Crippen LogP contribution in [0.25, 0.3) is 0 Å².